The van der Waals surface area contributed by atoms with Crippen LogP contribution in [-0.2, 0) is 7.05 Å². The first-order chi connectivity index (χ1) is 7.81. The van der Waals surface area contributed by atoms with Crippen LogP contribution in [0, 0.1) is 0 Å². The summed E-state index contributed by atoms with van der Waals surface area (Å²) in [6.45, 7) is 0.557. The minimum absolute atomic E-state index is 0.186. The molecule has 0 saturated carbocycles. The summed E-state index contributed by atoms with van der Waals surface area (Å²) in [6.07, 6.45) is 0. The molecule has 0 fully saturated rings. The highest BCUT2D eigenvalue weighted by Crippen LogP contribution is 2.32. The molecule has 2 N–H and O–H groups in total. The molecule has 0 radical (unpaired) electrons. The molecule has 0 aliphatic heterocycles. The molecule has 0 aliphatic carbocycles. The molecule has 0 bridgehead atoms. The fraction of sp³-hybridized carbons (Fsp3) is 0.300. The van der Waals surface area contributed by atoms with Crippen molar-refractivity contribution in [3.8, 4) is 0 Å². The fourth-order valence-electron chi connectivity index (χ4n) is 1.37. The van der Waals surface area contributed by atoms with E-state index in [1.54, 1.807) is 16.4 Å². The number of nitrogens with two attached hydrogens (primary N) is 1. The molecule has 2 aromatic rings. The molecule has 1 aromatic heterocycles. The van der Waals surface area contributed by atoms with Gasteiger partial charge in [-0.25, -0.2) is 4.68 Å². The van der Waals surface area contributed by atoms with Crippen LogP contribution in [0.5, 0.6) is 0 Å². The highest BCUT2D eigenvalue weighted by Gasteiger charge is 2.14. The van der Waals surface area contributed by atoms with Crippen LogP contribution in [0.4, 0.5) is 0 Å². The molecule has 16 heavy (non-hydrogen) atoms. The Morgan fingerprint density at radius 1 is 1.38 bits per heavy atom. The first-order valence-electron chi connectivity index (χ1n) is 4.95. The van der Waals surface area contributed by atoms with Gasteiger partial charge in [-0.2, -0.15) is 0 Å². The standard InChI is InChI=1S/C10H13N5S/c1-15-10(12-13-14-15)16-9(7-11)8-5-3-2-4-6-8/h2-6,9H,7,11H2,1H3. The summed E-state index contributed by atoms with van der Waals surface area (Å²) < 4.78 is 1.65. The Bertz CT molecular complexity index is 441. The summed E-state index contributed by atoms with van der Waals surface area (Å²) in [7, 11) is 1.82. The van der Waals surface area contributed by atoms with Crippen LogP contribution in [0.15, 0.2) is 35.5 Å². The Hall–Kier alpha value is -1.40. The highest BCUT2D eigenvalue weighted by molar-refractivity contribution is 7.99. The molecule has 2 rings (SSSR count). The van der Waals surface area contributed by atoms with Crippen molar-refractivity contribution in [3.63, 3.8) is 0 Å². The second-order valence-corrected chi connectivity index (χ2v) is 4.51. The molecular weight excluding hydrogens is 222 g/mol. The van der Waals surface area contributed by atoms with E-state index in [0.717, 1.165) is 5.16 Å². The van der Waals surface area contributed by atoms with E-state index in [0.29, 0.717) is 6.54 Å². The SMILES string of the molecule is Cn1nnnc1SC(CN)c1ccccc1. The maximum absolute atomic E-state index is 5.77. The smallest absolute Gasteiger partial charge is 0.209 e. The van der Waals surface area contributed by atoms with Crippen molar-refractivity contribution < 1.29 is 0 Å². The lowest BCUT2D eigenvalue weighted by atomic mass is 10.1. The van der Waals surface area contributed by atoms with Crippen molar-refractivity contribution >= 4 is 11.8 Å². The van der Waals surface area contributed by atoms with Crippen molar-refractivity contribution in [2.75, 3.05) is 6.54 Å². The Morgan fingerprint density at radius 3 is 2.69 bits per heavy atom. The molecule has 1 atom stereocenters. The molecule has 1 unspecified atom stereocenters. The normalized spacial score (nSPS) is 12.6. The number of tetrazole rings is 1. The predicted molar refractivity (Wildman–Crippen MR) is 62.9 cm³/mol. The summed E-state index contributed by atoms with van der Waals surface area (Å²) in [5.74, 6) is 0. The van der Waals surface area contributed by atoms with Gasteiger partial charge in [0, 0.05) is 18.8 Å². The van der Waals surface area contributed by atoms with Crippen molar-refractivity contribution in [2.24, 2.45) is 12.8 Å². The number of hydrogen-bond donors (Lipinski definition) is 1. The molecule has 6 heteroatoms. The van der Waals surface area contributed by atoms with Crippen molar-refractivity contribution in [1.82, 2.24) is 20.2 Å². The molecule has 0 spiro atoms. The van der Waals surface area contributed by atoms with Gasteiger partial charge >= 0.3 is 0 Å². The Kier molecular flexibility index (Phi) is 3.53. The van der Waals surface area contributed by atoms with E-state index in [1.807, 2.05) is 25.2 Å². The first-order valence-corrected chi connectivity index (χ1v) is 5.83. The maximum Gasteiger partial charge on any atom is 0.209 e. The molecule has 0 saturated heterocycles. The van der Waals surface area contributed by atoms with E-state index in [2.05, 4.69) is 27.7 Å². The number of thioether (sulfide) groups is 1. The quantitative estimate of drug-likeness (QED) is 0.801. The van der Waals surface area contributed by atoms with Gasteiger partial charge < -0.3 is 5.73 Å². The Labute approximate surface area is 98.0 Å². The van der Waals surface area contributed by atoms with E-state index in [9.17, 15) is 0 Å². The third kappa shape index (κ3) is 2.40. The summed E-state index contributed by atoms with van der Waals surface area (Å²) in [6, 6.07) is 10.1. The highest BCUT2D eigenvalue weighted by atomic mass is 32.2. The number of nitrogens with zero attached hydrogens (tertiary/aromatic N) is 4. The molecular formula is C10H13N5S. The number of aromatic nitrogens is 4. The zero-order chi connectivity index (χ0) is 11.4. The zero-order valence-electron chi connectivity index (χ0n) is 8.95. The maximum atomic E-state index is 5.77. The van der Waals surface area contributed by atoms with E-state index in [4.69, 9.17) is 5.73 Å². The van der Waals surface area contributed by atoms with Crippen molar-refractivity contribution in [3.05, 3.63) is 35.9 Å². The third-order valence-corrected chi connectivity index (χ3v) is 3.52. The zero-order valence-corrected chi connectivity index (χ0v) is 9.76. The average molecular weight is 235 g/mol. The lowest BCUT2D eigenvalue weighted by Gasteiger charge is -2.12. The van der Waals surface area contributed by atoms with E-state index < -0.39 is 0 Å². The predicted octanol–water partition coefficient (Wildman–Crippen LogP) is 1.00. The second kappa shape index (κ2) is 5.09. The van der Waals surface area contributed by atoms with Crippen LogP contribution in [-0.4, -0.2) is 26.8 Å². The van der Waals surface area contributed by atoms with Gasteiger partial charge in [-0.1, -0.05) is 42.1 Å². The van der Waals surface area contributed by atoms with Crippen LogP contribution in [0.25, 0.3) is 0 Å². The van der Waals surface area contributed by atoms with E-state index >= 15 is 0 Å². The summed E-state index contributed by atoms with van der Waals surface area (Å²) in [5, 5.41) is 12.3. The fourth-order valence-corrected chi connectivity index (χ4v) is 2.28. The van der Waals surface area contributed by atoms with Crippen LogP contribution in [0.1, 0.15) is 10.8 Å². The molecule has 5 nitrogen and oxygen atoms in total. The van der Waals surface area contributed by atoms with Crippen molar-refractivity contribution in [2.45, 2.75) is 10.4 Å². The minimum Gasteiger partial charge on any atom is -0.329 e. The van der Waals surface area contributed by atoms with Crippen LogP contribution < -0.4 is 5.73 Å². The average Bonchev–Trinajstić information content (AvgIpc) is 2.73. The topological polar surface area (TPSA) is 69.6 Å². The Balaban J connectivity index is 2.16. The third-order valence-electron chi connectivity index (χ3n) is 2.21. The minimum atomic E-state index is 0.186. The molecule has 1 heterocycles. The summed E-state index contributed by atoms with van der Waals surface area (Å²) in [4.78, 5) is 0. The van der Waals surface area contributed by atoms with Crippen LogP contribution in [0.3, 0.4) is 0 Å². The van der Waals surface area contributed by atoms with Gasteiger partial charge in [-0.15, -0.1) is 5.10 Å². The van der Waals surface area contributed by atoms with Gasteiger partial charge in [-0.3, -0.25) is 0 Å². The van der Waals surface area contributed by atoms with Gasteiger partial charge in [0.15, 0.2) is 0 Å². The van der Waals surface area contributed by atoms with Gasteiger partial charge in [0.1, 0.15) is 0 Å². The second-order valence-electron chi connectivity index (χ2n) is 3.34. The van der Waals surface area contributed by atoms with E-state index in [1.165, 1.54) is 5.56 Å². The molecule has 84 valence electrons. The molecule has 0 amide bonds. The lowest BCUT2D eigenvalue weighted by Crippen LogP contribution is -2.10. The van der Waals surface area contributed by atoms with Crippen LogP contribution in [0.2, 0.25) is 0 Å². The number of benzene rings is 1. The lowest BCUT2D eigenvalue weighted by molar-refractivity contribution is 0.663. The van der Waals surface area contributed by atoms with Gasteiger partial charge in [0.25, 0.3) is 0 Å². The number of rotatable bonds is 4. The van der Waals surface area contributed by atoms with Crippen LogP contribution >= 0.6 is 11.8 Å². The first kappa shape index (κ1) is 11.1. The summed E-state index contributed by atoms with van der Waals surface area (Å²) in [5.41, 5.74) is 6.97. The monoisotopic (exact) mass is 235 g/mol. The van der Waals surface area contributed by atoms with Gasteiger partial charge in [0.05, 0.1) is 0 Å². The number of aryl methyl sites for hydroxylation is 1. The largest absolute Gasteiger partial charge is 0.329 e. The molecule has 1 aromatic carbocycles. The Morgan fingerprint density at radius 2 is 2.12 bits per heavy atom. The van der Waals surface area contributed by atoms with Gasteiger partial charge in [-0.05, 0) is 16.0 Å². The van der Waals surface area contributed by atoms with Gasteiger partial charge in [0.2, 0.25) is 5.16 Å². The number of hydrogen-bond acceptors (Lipinski definition) is 5. The van der Waals surface area contributed by atoms with Crippen molar-refractivity contribution in [1.29, 1.82) is 0 Å². The molecule has 0 aliphatic rings. The summed E-state index contributed by atoms with van der Waals surface area (Å²) >= 11 is 1.58. The van der Waals surface area contributed by atoms with E-state index in [-0.39, 0.29) is 5.25 Å².